The largest absolute Gasteiger partial charge is 0.332 e. The zero-order valence-electron chi connectivity index (χ0n) is 12.6. The topological polar surface area (TPSA) is 24.1 Å². The summed E-state index contributed by atoms with van der Waals surface area (Å²) in [5, 5.41) is 6.63. The maximum atomic E-state index is 13.2. The summed E-state index contributed by atoms with van der Waals surface area (Å²) in [5.74, 6) is -0.462. The second kappa shape index (κ2) is 7.43. The number of hydrogen-bond acceptors (Lipinski definition) is 1. The van der Waals surface area contributed by atoms with Gasteiger partial charge in [0.1, 0.15) is 5.82 Å². The van der Waals surface area contributed by atoms with E-state index in [1.165, 1.54) is 12.1 Å². The van der Waals surface area contributed by atoms with Crippen LogP contribution in [0.2, 0.25) is 5.02 Å². The minimum absolute atomic E-state index is 0.0486. The molecule has 0 heterocycles. The van der Waals surface area contributed by atoms with Crippen LogP contribution in [0.4, 0.5) is 15.8 Å². The molecule has 0 aromatic heterocycles. The molecule has 24 heavy (non-hydrogen) atoms. The van der Waals surface area contributed by atoms with Crippen LogP contribution in [-0.2, 0) is 0 Å². The normalized spacial score (nSPS) is 10.2. The number of rotatable bonds is 3. The van der Waals surface area contributed by atoms with Crippen LogP contribution >= 0.6 is 23.8 Å². The molecule has 2 nitrogen and oxygen atoms in total. The smallest absolute Gasteiger partial charge is 0.175 e. The number of anilines is 2. The highest BCUT2D eigenvalue weighted by molar-refractivity contribution is 7.80. The predicted octanol–water partition coefficient (Wildman–Crippen LogP) is 5.96. The third-order valence-electron chi connectivity index (χ3n) is 3.44. The fraction of sp³-hybridized carbons (Fsp3) is 0. The van der Waals surface area contributed by atoms with E-state index in [1.807, 2.05) is 54.6 Å². The molecule has 120 valence electrons. The number of benzene rings is 3. The fourth-order valence-electron chi connectivity index (χ4n) is 2.32. The second-order valence-corrected chi connectivity index (χ2v) is 5.94. The molecule has 0 aliphatic carbocycles. The van der Waals surface area contributed by atoms with Crippen LogP contribution in [0.5, 0.6) is 0 Å². The molecule has 0 aliphatic rings. The first kappa shape index (κ1) is 16.4. The average Bonchev–Trinajstić information content (AvgIpc) is 2.59. The minimum atomic E-state index is -0.462. The van der Waals surface area contributed by atoms with Crippen LogP contribution in [-0.4, -0.2) is 5.11 Å². The van der Waals surface area contributed by atoms with Gasteiger partial charge in [-0.1, -0.05) is 60.1 Å². The van der Waals surface area contributed by atoms with Gasteiger partial charge in [0.15, 0.2) is 5.11 Å². The molecular formula is C19H14ClFN2S. The maximum absolute atomic E-state index is 13.2. The van der Waals surface area contributed by atoms with Gasteiger partial charge < -0.3 is 10.6 Å². The van der Waals surface area contributed by atoms with Crippen molar-refractivity contribution in [3.05, 3.63) is 83.6 Å². The molecule has 2 N–H and O–H groups in total. The van der Waals surface area contributed by atoms with Crippen molar-refractivity contribution < 1.29 is 4.39 Å². The lowest BCUT2D eigenvalue weighted by Gasteiger charge is -2.14. The number of halogens is 2. The molecule has 0 fully saturated rings. The molecule has 0 spiro atoms. The SMILES string of the molecule is Fc1ccc(NC(=S)Nc2ccccc2-c2ccccc2)cc1Cl. The summed E-state index contributed by atoms with van der Waals surface area (Å²) < 4.78 is 13.2. The van der Waals surface area contributed by atoms with E-state index >= 15 is 0 Å². The van der Waals surface area contributed by atoms with Crippen molar-refractivity contribution in [3.63, 3.8) is 0 Å². The zero-order chi connectivity index (χ0) is 16.9. The van der Waals surface area contributed by atoms with Gasteiger partial charge in [0.25, 0.3) is 0 Å². The lowest BCUT2D eigenvalue weighted by Crippen LogP contribution is -2.19. The van der Waals surface area contributed by atoms with Crippen LogP contribution in [0.3, 0.4) is 0 Å². The van der Waals surface area contributed by atoms with Crippen molar-refractivity contribution in [2.45, 2.75) is 0 Å². The summed E-state index contributed by atoms with van der Waals surface area (Å²) in [7, 11) is 0. The van der Waals surface area contributed by atoms with Crippen LogP contribution < -0.4 is 10.6 Å². The van der Waals surface area contributed by atoms with Crippen LogP contribution in [0.25, 0.3) is 11.1 Å². The average molecular weight is 357 g/mol. The van der Waals surface area contributed by atoms with Gasteiger partial charge >= 0.3 is 0 Å². The Morgan fingerprint density at radius 3 is 2.33 bits per heavy atom. The molecule has 0 atom stereocenters. The predicted molar refractivity (Wildman–Crippen MR) is 103 cm³/mol. The van der Waals surface area contributed by atoms with Gasteiger partial charge in [-0.2, -0.15) is 0 Å². The van der Waals surface area contributed by atoms with Gasteiger partial charge in [0.2, 0.25) is 0 Å². The van der Waals surface area contributed by atoms with Crippen molar-refractivity contribution in [2.24, 2.45) is 0 Å². The Kier molecular flexibility index (Phi) is 5.08. The number of nitrogens with one attached hydrogen (secondary N) is 2. The third kappa shape index (κ3) is 3.91. The maximum Gasteiger partial charge on any atom is 0.175 e. The van der Waals surface area contributed by atoms with Gasteiger partial charge in [0.05, 0.1) is 5.02 Å². The first-order valence-corrected chi connectivity index (χ1v) is 8.09. The van der Waals surface area contributed by atoms with Crippen molar-refractivity contribution in [1.82, 2.24) is 0 Å². The quantitative estimate of drug-likeness (QED) is 0.566. The van der Waals surface area contributed by atoms with Gasteiger partial charge in [-0.05, 0) is 42.0 Å². The van der Waals surface area contributed by atoms with Gasteiger partial charge in [-0.15, -0.1) is 0 Å². The summed E-state index contributed by atoms with van der Waals surface area (Å²) in [6.45, 7) is 0. The van der Waals surface area contributed by atoms with E-state index in [2.05, 4.69) is 10.6 Å². The van der Waals surface area contributed by atoms with Gasteiger partial charge in [0, 0.05) is 16.9 Å². The highest BCUT2D eigenvalue weighted by Gasteiger charge is 2.07. The van der Waals surface area contributed by atoms with Crippen LogP contribution in [0.1, 0.15) is 0 Å². The van der Waals surface area contributed by atoms with E-state index < -0.39 is 5.82 Å². The molecule has 0 saturated heterocycles. The highest BCUT2D eigenvalue weighted by atomic mass is 35.5. The molecule has 3 rings (SSSR count). The molecule has 0 unspecified atom stereocenters. The Labute approximate surface area is 150 Å². The summed E-state index contributed by atoms with van der Waals surface area (Å²) in [4.78, 5) is 0. The van der Waals surface area contributed by atoms with E-state index in [0.717, 1.165) is 16.8 Å². The number of thiocarbonyl (C=S) groups is 1. The number of para-hydroxylation sites is 1. The van der Waals surface area contributed by atoms with E-state index in [0.29, 0.717) is 10.8 Å². The van der Waals surface area contributed by atoms with Crippen LogP contribution in [0, 0.1) is 5.82 Å². The van der Waals surface area contributed by atoms with Gasteiger partial charge in [-0.25, -0.2) is 4.39 Å². The Hall–Kier alpha value is -2.43. The molecule has 0 bridgehead atoms. The standard InChI is InChI=1S/C19H14ClFN2S/c20-16-12-14(10-11-17(16)21)22-19(24)23-18-9-5-4-8-15(18)13-6-2-1-3-7-13/h1-12H,(H2,22,23,24). The van der Waals surface area contributed by atoms with E-state index in [1.54, 1.807) is 6.07 Å². The summed E-state index contributed by atoms with van der Waals surface area (Å²) >= 11 is 11.1. The Morgan fingerprint density at radius 2 is 1.58 bits per heavy atom. The molecule has 0 saturated carbocycles. The molecule has 0 amide bonds. The molecule has 0 radical (unpaired) electrons. The van der Waals surface area contributed by atoms with E-state index in [-0.39, 0.29) is 5.02 Å². The molecule has 0 aliphatic heterocycles. The summed E-state index contributed by atoms with van der Waals surface area (Å²) in [5.41, 5.74) is 3.64. The van der Waals surface area contributed by atoms with E-state index in [4.69, 9.17) is 23.8 Å². The Morgan fingerprint density at radius 1 is 0.875 bits per heavy atom. The molecular weight excluding hydrogens is 343 g/mol. The minimum Gasteiger partial charge on any atom is -0.332 e. The van der Waals surface area contributed by atoms with Crippen LogP contribution in [0.15, 0.2) is 72.8 Å². The van der Waals surface area contributed by atoms with Gasteiger partial charge in [-0.3, -0.25) is 0 Å². The van der Waals surface area contributed by atoms with E-state index in [9.17, 15) is 4.39 Å². The Balaban J connectivity index is 1.79. The lowest BCUT2D eigenvalue weighted by molar-refractivity contribution is 0.628. The lowest BCUT2D eigenvalue weighted by atomic mass is 10.0. The fourth-order valence-corrected chi connectivity index (χ4v) is 2.73. The van der Waals surface area contributed by atoms with Crippen molar-refractivity contribution in [1.29, 1.82) is 0 Å². The third-order valence-corrected chi connectivity index (χ3v) is 3.93. The Bertz CT molecular complexity index is 868. The van der Waals surface area contributed by atoms with Crippen molar-refractivity contribution >= 4 is 40.3 Å². The summed E-state index contributed by atoms with van der Waals surface area (Å²) in [6, 6.07) is 22.3. The number of hydrogen-bond donors (Lipinski definition) is 2. The first-order chi connectivity index (χ1) is 11.6. The molecule has 3 aromatic rings. The highest BCUT2D eigenvalue weighted by Crippen LogP contribution is 2.28. The monoisotopic (exact) mass is 356 g/mol. The first-order valence-electron chi connectivity index (χ1n) is 7.31. The zero-order valence-corrected chi connectivity index (χ0v) is 14.2. The molecule has 3 aromatic carbocycles. The van der Waals surface area contributed by atoms with Crippen molar-refractivity contribution in [3.8, 4) is 11.1 Å². The second-order valence-electron chi connectivity index (χ2n) is 5.12. The molecule has 5 heteroatoms. The summed E-state index contributed by atoms with van der Waals surface area (Å²) in [6.07, 6.45) is 0. The van der Waals surface area contributed by atoms with Crippen molar-refractivity contribution in [2.75, 3.05) is 10.6 Å².